The summed E-state index contributed by atoms with van der Waals surface area (Å²) in [5, 5.41) is 8.88. The van der Waals surface area contributed by atoms with Gasteiger partial charge in [0, 0.05) is 18.7 Å². The van der Waals surface area contributed by atoms with E-state index in [1.807, 2.05) is 4.90 Å². The minimum Gasteiger partial charge on any atom is -0.478 e. The predicted molar refractivity (Wildman–Crippen MR) is 71.9 cm³/mol. The van der Waals surface area contributed by atoms with Crippen molar-refractivity contribution in [2.75, 3.05) is 24.6 Å². The maximum atomic E-state index is 14.0. The maximum absolute atomic E-state index is 14.0. The van der Waals surface area contributed by atoms with E-state index in [0.717, 1.165) is 0 Å². The number of carboxylic acids is 1. The SMILES string of the molecule is O=C(O)c1cccc(CN2CCCS(=O)(=O)CC2)c1F. The monoisotopic (exact) mass is 301 g/mol. The number of hydrogen-bond acceptors (Lipinski definition) is 4. The first-order chi connectivity index (χ1) is 9.39. The zero-order chi connectivity index (χ0) is 14.8. The van der Waals surface area contributed by atoms with Crippen LogP contribution in [0.2, 0.25) is 0 Å². The van der Waals surface area contributed by atoms with Gasteiger partial charge in [0.15, 0.2) is 9.84 Å². The second-order valence-electron chi connectivity index (χ2n) is 4.87. The molecule has 0 amide bonds. The molecule has 1 aliphatic heterocycles. The Morgan fingerprint density at radius 1 is 1.30 bits per heavy atom. The molecule has 0 atom stereocenters. The Morgan fingerprint density at radius 2 is 2.05 bits per heavy atom. The number of carboxylic acid groups (broad SMARTS) is 1. The molecule has 0 aliphatic carbocycles. The van der Waals surface area contributed by atoms with Crippen LogP contribution in [0.4, 0.5) is 4.39 Å². The standard InChI is InChI=1S/C13H16FNO4S/c14-12-10(3-1-4-11(12)13(16)17)9-15-5-2-7-20(18,19)8-6-15/h1,3-4H,2,5-9H2,(H,16,17). The lowest BCUT2D eigenvalue weighted by Crippen LogP contribution is -2.27. The molecule has 1 heterocycles. The Kier molecular flexibility index (Phi) is 4.39. The van der Waals surface area contributed by atoms with E-state index in [0.29, 0.717) is 19.5 Å². The molecule has 2 rings (SSSR count). The maximum Gasteiger partial charge on any atom is 0.338 e. The number of nitrogens with zero attached hydrogens (tertiary/aromatic N) is 1. The highest BCUT2D eigenvalue weighted by Crippen LogP contribution is 2.16. The van der Waals surface area contributed by atoms with Gasteiger partial charge in [-0.2, -0.15) is 0 Å². The van der Waals surface area contributed by atoms with Crippen molar-refractivity contribution >= 4 is 15.8 Å². The van der Waals surface area contributed by atoms with E-state index in [-0.39, 0.29) is 29.2 Å². The Morgan fingerprint density at radius 3 is 2.75 bits per heavy atom. The van der Waals surface area contributed by atoms with E-state index < -0.39 is 21.6 Å². The van der Waals surface area contributed by atoms with Gasteiger partial charge in [0.1, 0.15) is 5.82 Å². The highest BCUT2D eigenvalue weighted by Gasteiger charge is 2.21. The average molecular weight is 301 g/mol. The number of hydrogen-bond donors (Lipinski definition) is 1. The van der Waals surface area contributed by atoms with Gasteiger partial charge in [-0.15, -0.1) is 0 Å². The third-order valence-corrected chi connectivity index (χ3v) is 5.07. The molecule has 0 saturated carbocycles. The zero-order valence-corrected chi connectivity index (χ0v) is 11.7. The lowest BCUT2D eigenvalue weighted by molar-refractivity contribution is 0.0691. The van der Waals surface area contributed by atoms with Crippen LogP contribution < -0.4 is 0 Å². The molecule has 0 unspecified atom stereocenters. The van der Waals surface area contributed by atoms with Crippen LogP contribution in [0.15, 0.2) is 18.2 Å². The molecule has 1 N–H and O–H groups in total. The van der Waals surface area contributed by atoms with Crippen molar-refractivity contribution in [2.45, 2.75) is 13.0 Å². The van der Waals surface area contributed by atoms with Crippen LogP contribution in [0.25, 0.3) is 0 Å². The molecule has 1 aliphatic rings. The van der Waals surface area contributed by atoms with Crippen molar-refractivity contribution in [3.63, 3.8) is 0 Å². The van der Waals surface area contributed by atoms with Crippen molar-refractivity contribution in [3.8, 4) is 0 Å². The number of sulfone groups is 1. The normalized spacial score (nSPS) is 19.4. The van der Waals surface area contributed by atoms with Crippen LogP contribution in [-0.2, 0) is 16.4 Å². The van der Waals surface area contributed by atoms with Crippen LogP contribution >= 0.6 is 0 Å². The van der Waals surface area contributed by atoms with Crippen molar-refractivity contribution < 1.29 is 22.7 Å². The van der Waals surface area contributed by atoms with Crippen LogP contribution in [0, 0.1) is 5.82 Å². The van der Waals surface area contributed by atoms with E-state index in [1.165, 1.54) is 18.2 Å². The summed E-state index contributed by atoms with van der Waals surface area (Å²) in [6.07, 6.45) is 0.516. The molecular weight excluding hydrogens is 285 g/mol. The van der Waals surface area contributed by atoms with Crippen molar-refractivity contribution in [1.29, 1.82) is 0 Å². The van der Waals surface area contributed by atoms with Gasteiger partial charge in [0.2, 0.25) is 0 Å². The average Bonchev–Trinajstić information content (AvgIpc) is 2.53. The molecule has 1 aromatic rings. The summed E-state index contributed by atoms with van der Waals surface area (Å²) in [6, 6.07) is 4.24. The molecule has 0 radical (unpaired) electrons. The quantitative estimate of drug-likeness (QED) is 0.906. The number of aromatic carboxylic acids is 1. The lowest BCUT2D eigenvalue weighted by Gasteiger charge is -2.19. The van der Waals surface area contributed by atoms with Gasteiger partial charge in [-0.25, -0.2) is 17.6 Å². The molecule has 0 bridgehead atoms. The second-order valence-corrected chi connectivity index (χ2v) is 7.17. The molecule has 20 heavy (non-hydrogen) atoms. The molecule has 5 nitrogen and oxygen atoms in total. The first-order valence-corrected chi connectivity index (χ1v) is 8.15. The summed E-state index contributed by atoms with van der Waals surface area (Å²) < 4.78 is 37.0. The minimum atomic E-state index is -3.01. The first kappa shape index (κ1) is 14.9. The van der Waals surface area contributed by atoms with E-state index in [1.54, 1.807) is 0 Å². The van der Waals surface area contributed by atoms with E-state index >= 15 is 0 Å². The summed E-state index contributed by atoms with van der Waals surface area (Å²) >= 11 is 0. The van der Waals surface area contributed by atoms with Crippen molar-refractivity contribution in [1.82, 2.24) is 4.90 Å². The Balaban J connectivity index is 2.14. The lowest BCUT2D eigenvalue weighted by atomic mass is 10.1. The van der Waals surface area contributed by atoms with E-state index in [9.17, 15) is 17.6 Å². The fraction of sp³-hybridized carbons (Fsp3) is 0.462. The number of rotatable bonds is 3. The fourth-order valence-corrected chi connectivity index (χ4v) is 3.57. The molecule has 7 heteroatoms. The van der Waals surface area contributed by atoms with Crippen molar-refractivity contribution in [2.24, 2.45) is 0 Å². The number of carbonyl (C=O) groups is 1. The minimum absolute atomic E-state index is 0.0627. The second kappa shape index (κ2) is 5.88. The number of benzene rings is 1. The summed E-state index contributed by atoms with van der Waals surface area (Å²) in [7, 11) is -3.01. The third-order valence-electron chi connectivity index (χ3n) is 3.35. The molecule has 1 saturated heterocycles. The van der Waals surface area contributed by atoms with Gasteiger partial charge < -0.3 is 5.11 Å². The molecule has 1 fully saturated rings. The summed E-state index contributed by atoms with van der Waals surface area (Å²) in [4.78, 5) is 12.7. The highest BCUT2D eigenvalue weighted by molar-refractivity contribution is 7.91. The van der Waals surface area contributed by atoms with E-state index in [2.05, 4.69) is 0 Å². The fourth-order valence-electron chi connectivity index (χ4n) is 2.26. The van der Waals surface area contributed by atoms with Gasteiger partial charge in [0.25, 0.3) is 0 Å². The van der Waals surface area contributed by atoms with Gasteiger partial charge in [0.05, 0.1) is 17.1 Å². The third kappa shape index (κ3) is 3.55. The molecule has 0 spiro atoms. The van der Waals surface area contributed by atoms with E-state index in [4.69, 9.17) is 5.11 Å². The zero-order valence-electron chi connectivity index (χ0n) is 10.9. The highest BCUT2D eigenvalue weighted by atomic mass is 32.2. The summed E-state index contributed by atoms with van der Waals surface area (Å²) in [5.74, 6) is -1.83. The Hall–Kier alpha value is -1.47. The van der Waals surface area contributed by atoms with Crippen molar-refractivity contribution in [3.05, 3.63) is 35.1 Å². The van der Waals surface area contributed by atoms with Gasteiger partial charge in [-0.1, -0.05) is 12.1 Å². The molecular formula is C13H16FNO4S. The van der Waals surface area contributed by atoms with Crippen LogP contribution in [-0.4, -0.2) is 49.0 Å². The van der Waals surface area contributed by atoms with Gasteiger partial charge in [-0.3, -0.25) is 4.90 Å². The summed E-state index contributed by atoms with van der Waals surface area (Å²) in [6.45, 7) is 1.14. The number of halogens is 1. The predicted octanol–water partition coefficient (Wildman–Crippen LogP) is 1.14. The molecule has 110 valence electrons. The molecule has 1 aromatic carbocycles. The van der Waals surface area contributed by atoms with Crippen LogP contribution in [0.1, 0.15) is 22.3 Å². The Bertz CT molecular complexity index is 615. The first-order valence-electron chi connectivity index (χ1n) is 6.32. The topological polar surface area (TPSA) is 74.7 Å². The smallest absolute Gasteiger partial charge is 0.338 e. The van der Waals surface area contributed by atoms with Gasteiger partial charge >= 0.3 is 5.97 Å². The summed E-state index contributed by atoms with van der Waals surface area (Å²) in [5.41, 5.74) is -0.0749. The van der Waals surface area contributed by atoms with Crippen LogP contribution in [0.5, 0.6) is 0 Å². The van der Waals surface area contributed by atoms with Gasteiger partial charge in [-0.05, 0) is 19.0 Å². The largest absolute Gasteiger partial charge is 0.478 e. The van der Waals surface area contributed by atoms with Crippen LogP contribution in [0.3, 0.4) is 0 Å². The Labute approximate surface area is 116 Å². The molecule has 0 aromatic heterocycles.